The van der Waals surface area contributed by atoms with Crippen LogP contribution in [0.5, 0.6) is 11.5 Å². The Bertz CT molecular complexity index is 3590. The number of benzene rings is 6. The van der Waals surface area contributed by atoms with E-state index in [9.17, 15) is 33.9 Å². The Morgan fingerprint density at radius 1 is 0.551 bits per heavy atom. The van der Waals surface area contributed by atoms with E-state index in [-0.39, 0.29) is 68.9 Å². The number of carbonyl (C=O) groups excluding carboxylic acids is 6. The molecule has 0 spiro atoms. The molecule has 0 unspecified atom stereocenters. The summed E-state index contributed by atoms with van der Waals surface area (Å²) in [6.45, 7) is 11.4. The van der Waals surface area contributed by atoms with Crippen LogP contribution in [-0.2, 0) is 54.6 Å². The first-order chi connectivity index (χ1) is 42.7. The first kappa shape index (κ1) is 64.7. The molecule has 2 saturated heterocycles. The number of nitrogens with zero attached hydrogens (tertiary/aromatic N) is 4. The van der Waals surface area contributed by atoms with Crippen molar-refractivity contribution in [2.24, 2.45) is 0 Å². The van der Waals surface area contributed by atoms with E-state index in [4.69, 9.17) is 37.8 Å². The number of carbonyl (C=O) groups is 6. The third kappa shape index (κ3) is 19.6. The predicted octanol–water partition coefficient (Wildman–Crippen LogP) is 12.7. The highest BCUT2D eigenvalue weighted by Gasteiger charge is 2.41. The van der Waals surface area contributed by atoms with E-state index in [0.717, 1.165) is 33.4 Å². The minimum Gasteiger partial charge on any atom is -0.508 e. The fraction of sp³-hybridized carbons (Fsp3) is 0.294. The average Bonchev–Trinajstić information content (AvgIpc) is 3.84. The summed E-state index contributed by atoms with van der Waals surface area (Å²) < 4.78 is 36.9. The first-order valence-electron chi connectivity index (χ1n) is 28.8. The van der Waals surface area contributed by atoms with E-state index >= 15 is 0 Å². The zero-order valence-corrected chi connectivity index (χ0v) is 50.3. The SMILES string of the molecule is CC(C)(C)OC(=O)Nc1cccc(CO)c1.CC(C)(C)OC(=O)Nc1cccc(COc2ccc([C@H](CC(=O)N3C(=O)OC[C@@H]3Cc3ccccc3)c3ccon3)cc2)c1.O=C(C[C@@H](c1ccc(O)cc1)c1ccon1)N1C(=O)OC[C@@H]1Cc1ccccc1. The summed E-state index contributed by atoms with van der Waals surface area (Å²) in [6, 6.07) is 50.3. The maximum Gasteiger partial charge on any atom is 0.416 e. The molecule has 21 nitrogen and oxygen atoms in total. The molecule has 4 heterocycles. The molecule has 0 aliphatic carbocycles. The smallest absolute Gasteiger partial charge is 0.416 e. The maximum absolute atomic E-state index is 13.5. The van der Waals surface area contributed by atoms with Gasteiger partial charge in [-0.3, -0.25) is 20.2 Å². The topological polar surface area (TPSA) is 272 Å². The molecule has 21 heteroatoms. The molecule has 0 saturated carbocycles. The Labute approximate surface area is 515 Å². The molecular formula is C68H72N6O15. The lowest BCUT2D eigenvalue weighted by Crippen LogP contribution is -2.40. The van der Waals surface area contributed by atoms with Gasteiger partial charge in [0.1, 0.15) is 55.0 Å². The minimum atomic E-state index is -0.635. The van der Waals surface area contributed by atoms with Crippen molar-refractivity contribution in [3.8, 4) is 11.5 Å². The van der Waals surface area contributed by atoms with Crippen LogP contribution in [0.3, 0.4) is 0 Å². The van der Waals surface area contributed by atoms with Crippen LogP contribution in [0.25, 0.3) is 0 Å². The summed E-state index contributed by atoms with van der Waals surface area (Å²) in [5, 5.41) is 31.9. The third-order valence-corrected chi connectivity index (χ3v) is 13.8. The average molecular weight is 1210 g/mol. The number of rotatable bonds is 18. The van der Waals surface area contributed by atoms with Crippen LogP contribution >= 0.6 is 0 Å². The molecule has 2 aliphatic heterocycles. The molecule has 8 aromatic rings. The van der Waals surface area contributed by atoms with Gasteiger partial charge in [0.05, 0.1) is 30.1 Å². The molecule has 4 atom stereocenters. The molecule has 89 heavy (non-hydrogen) atoms. The number of aliphatic hydroxyl groups is 1. The predicted molar refractivity (Wildman–Crippen MR) is 328 cm³/mol. The van der Waals surface area contributed by atoms with Crippen LogP contribution in [0, 0.1) is 0 Å². The number of aliphatic hydroxyl groups excluding tert-OH is 1. The van der Waals surface area contributed by atoms with Crippen molar-refractivity contribution in [3.63, 3.8) is 0 Å². The van der Waals surface area contributed by atoms with Crippen molar-refractivity contribution in [1.82, 2.24) is 20.1 Å². The number of nitrogens with one attached hydrogen (secondary N) is 2. The highest BCUT2D eigenvalue weighted by atomic mass is 16.6. The Kier molecular flexibility index (Phi) is 22.1. The number of aromatic hydroxyl groups is 1. The number of phenolic OH excluding ortho intramolecular Hbond substituents is 1. The highest BCUT2D eigenvalue weighted by molar-refractivity contribution is 5.95. The van der Waals surface area contributed by atoms with Gasteiger partial charge in [-0.1, -0.05) is 120 Å². The monoisotopic (exact) mass is 1210 g/mol. The number of cyclic esters (lactones) is 2. The van der Waals surface area contributed by atoms with Gasteiger partial charge in [-0.15, -0.1) is 0 Å². The fourth-order valence-electron chi connectivity index (χ4n) is 9.74. The Morgan fingerprint density at radius 2 is 0.966 bits per heavy atom. The van der Waals surface area contributed by atoms with Crippen LogP contribution < -0.4 is 15.4 Å². The van der Waals surface area contributed by atoms with Crippen molar-refractivity contribution in [2.45, 2.75) is 116 Å². The maximum atomic E-state index is 13.5. The van der Waals surface area contributed by atoms with Crippen molar-refractivity contribution in [2.75, 3.05) is 23.8 Å². The highest BCUT2D eigenvalue weighted by Crippen LogP contribution is 2.33. The molecule has 4 N–H and O–H groups in total. The summed E-state index contributed by atoms with van der Waals surface area (Å²) >= 11 is 0. The summed E-state index contributed by atoms with van der Waals surface area (Å²) in [5.41, 5.74) is 6.51. The zero-order chi connectivity index (χ0) is 63.5. The lowest BCUT2D eigenvalue weighted by molar-refractivity contribution is -0.130. The van der Waals surface area contributed by atoms with E-state index < -0.39 is 47.4 Å². The van der Waals surface area contributed by atoms with E-state index in [1.54, 1.807) is 108 Å². The lowest BCUT2D eigenvalue weighted by atomic mass is 9.91. The number of amides is 6. The second-order valence-corrected chi connectivity index (χ2v) is 23.0. The van der Waals surface area contributed by atoms with Crippen LogP contribution in [0.2, 0.25) is 0 Å². The van der Waals surface area contributed by atoms with Crippen molar-refractivity contribution >= 4 is 47.6 Å². The number of anilines is 2. The van der Waals surface area contributed by atoms with Crippen LogP contribution in [0.1, 0.15) is 111 Å². The molecule has 10 rings (SSSR count). The Balaban J connectivity index is 0.000000194. The van der Waals surface area contributed by atoms with E-state index in [2.05, 4.69) is 20.9 Å². The van der Waals surface area contributed by atoms with Gasteiger partial charge in [-0.25, -0.2) is 29.0 Å². The second kappa shape index (κ2) is 30.4. The molecule has 2 aromatic heterocycles. The molecule has 6 amide bonds. The lowest BCUT2D eigenvalue weighted by Gasteiger charge is -2.22. The number of hydrogen-bond acceptors (Lipinski definition) is 17. The summed E-state index contributed by atoms with van der Waals surface area (Å²) in [6.07, 6.45) is 1.69. The first-order valence-corrected chi connectivity index (χ1v) is 28.8. The van der Waals surface area contributed by atoms with Gasteiger partial charge < -0.3 is 42.9 Å². The molecule has 0 radical (unpaired) electrons. The van der Waals surface area contributed by atoms with Gasteiger partial charge in [-0.2, -0.15) is 0 Å². The van der Waals surface area contributed by atoms with Crippen molar-refractivity contribution in [1.29, 1.82) is 0 Å². The number of ether oxygens (including phenoxy) is 5. The fourth-order valence-corrected chi connectivity index (χ4v) is 9.74. The zero-order valence-electron chi connectivity index (χ0n) is 50.3. The van der Waals surface area contributed by atoms with Crippen LogP contribution in [-0.4, -0.2) is 103 Å². The summed E-state index contributed by atoms with van der Waals surface area (Å²) in [7, 11) is 0. The Morgan fingerprint density at radius 3 is 1.38 bits per heavy atom. The summed E-state index contributed by atoms with van der Waals surface area (Å²) in [4.78, 5) is 77.5. The molecule has 0 bridgehead atoms. The van der Waals surface area contributed by atoms with E-state index in [1.807, 2.05) is 103 Å². The van der Waals surface area contributed by atoms with E-state index in [0.29, 0.717) is 41.4 Å². The van der Waals surface area contributed by atoms with E-state index in [1.165, 1.54) is 22.3 Å². The number of hydrogen-bond donors (Lipinski definition) is 4. The minimum absolute atomic E-state index is 0.00453. The summed E-state index contributed by atoms with van der Waals surface area (Å²) in [5.74, 6) is -0.791. The number of aromatic nitrogens is 2. The molecule has 464 valence electrons. The van der Waals surface area contributed by atoms with Gasteiger partial charge in [0, 0.05) is 48.2 Å². The second-order valence-electron chi connectivity index (χ2n) is 23.0. The largest absolute Gasteiger partial charge is 0.508 e. The van der Waals surface area contributed by atoms with Gasteiger partial charge >= 0.3 is 24.4 Å². The molecule has 2 aliphatic rings. The van der Waals surface area contributed by atoms with Gasteiger partial charge in [0.2, 0.25) is 11.8 Å². The van der Waals surface area contributed by atoms with Gasteiger partial charge in [0.25, 0.3) is 0 Å². The van der Waals surface area contributed by atoms with Crippen LogP contribution in [0.15, 0.2) is 191 Å². The number of imide groups is 2. The van der Waals surface area contributed by atoms with Crippen molar-refractivity contribution < 1.29 is 71.7 Å². The Hall–Kier alpha value is -10.3. The normalized spacial score (nSPS) is 15.2. The quantitative estimate of drug-likeness (QED) is 0.0581. The standard InChI is InChI=1S/C34H35N3O7.C22H20N2O5.C12H17NO3/c1-34(2,3)44-32(39)35-26-11-7-10-24(18-26)21-41-28-14-12-25(13-15-28)29(30-16-17-43-36-30)20-31(38)37-27(22-42-33(37)40)19-23-8-5-4-6-9-23;25-18-8-6-16(7-9-18)19(20-10-11-29-23-20)13-21(26)24-17(14-28-22(24)27)12-15-4-2-1-3-5-15;1-12(2,3)16-11(15)13-10-6-4-5-9(7-10)8-14/h4-18,27,29H,19-22H2,1-3H3,(H,35,39);1-11,17,19,25H,12-14H2;4-7,14H,8H2,1-3H3,(H,13,15)/t27-,29-;17-,19-;/m00./s1. The van der Waals surface area contributed by atoms with Crippen LogP contribution in [0.4, 0.5) is 30.6 Å². The molecule has 2 fully saturated rings. The third-order valence-electron chi connectivity index (χ3n) is 13.8. The van der Waals surface area contributed by atoms with Crippen molar-refractivity contribution in [3.05, 3.63) is 227 Å². The molecular weight excluding hydrogens is 1140 g/mol. The number of phenols is 1. The molecule has 6 aromatic carbocycles. The van der Waals surface area contributed by atoms with Gasteiger partial charge in [0.15, 0.2) is 0 Å². The van der Waals surface area contributed by atoms with Gasteiger partial charge in [-0.05, 0) is 136 Å².